The highest BCUT2D eigenvalue weighted by Gasteiger charge is 2.51. The van der Waals surface area contributed by atoms with Crippen LogP contribution in [-0.4, -0.2) is 29.5 Å². The summed E-state index contributed by atoms with van der Waals surface area (Å²) < 4.78 is 26.3. The molecule has 1 fully saturated rings. The van der Waals surface area contributed by atoms with Crippen molar-refractivity contribution in [2.75, 3.05) is 0 Å². The van der Waals surface area contributed by atoms with Crippen molar-refractivity contribution in [1.29, 1.82) is 0 Å². The Bertz CT molecular complexity index is 615. The van der Waals surface area contributed by atoms with Gasteiger partial charge in [-0.3, -0.25) is 0 Å². The molecule has 126 valence electrons. The molecule has 0 aromatic heterocycles. The zero-order chi connectivity index (χ0) is 17.6. The van der Waals surface area contributed by atoms with Crippen LogP contribution in [0.25, 0.3) is 0 Å². The van der Waals surface area contributed by atoms with Crippen molar-refractivity contribution < 1.29 is 23.6 Å². The van der Waals surface area contributed by atoms with E-state index in [2.05, 4.69) is 5.32 Å². The van der Waals surface area contributed by atoms with E-state index in [0.717, 1.165) is 0 Å². The number of benzene rings is 1. The maximum atomic E-state index is 14.5. The van der Waals surface area contributed by atoms with E-state index in [4.69, 9.17) is 14.4 Å². The van der Waals surface area contributed by atoms with Gasteiger partial charge in [0.05, 0.1) is 16.7 Å². The summed E-state index contributed by atoms with van der Waals surface area (Å²) in [6.45, 7) is 10.9. The van der Waals surface area contributed by atoms with Gasteiger partial charge in [-0.2, -0.15) is 0 Å². The van der Waals surface area contributed by atoms with E-state index in [-0.39, 0.29) is 5.56 Å². The Morgan fingerprint density at radius 1 is 1.22 bits per heavy atom. The number of hydrogen-bond acceptors (Lipinski definition) is 3. The second-order valence-corrected chi connectivity index (χ2v) is 7.38. The third-order valence-electron chi connectivity index (χ3n) is 4.61. The van der Waals surface area contributed by atoms with Crippen molar-refractivity contribution in [1.82, 2.24) is 5.32 Å². The lowest BCUT2D eigenvalue weighted by Gasteiger charge is -2.32. The zero-order valence-electron chi connectivity index (χ0n) is 14.4. The fraction of sp³-hybridized carbons (Fsp3) is 0.562. The summed E-state index contributed by atoms with van der Waals surface area (Å²) >= 11 is 0. The minimum absolute atomic E-state index is 0.264. The average Bonchev–Trinajstić information content (AvgIpc) is 2.56. The van der Waals surface area contributed by atoms with Gasteiger partial charge in [0.25, 0.3) is 0 Å². The van der Waals surface area contributed by atoms with Gasteiger partial charge in [0, 0.05) is 5.56 Å². The number of nitrogens with one attached hydrogen (secondary N) is 1. The summed E-state index contributed by atoms with van der Waals surface area (Å²) in [5, 5.41) is 11.2. The lowest BCUT2D eigenvalue weighted by atomic mass is 9.77. The van der Waals surface area contributed by atoms with E-state index in [1.807, 2.05) is 27.7 Å². The molecule has 2 rings (SSSR count). The van der Waals surface area contributed by atoms with Crippen LogP contribution in [0.2, 0.25) is 0 Å². The molecule has 1 amide bonds. The third-order valence-corrected chi connectivity index (χ3v) is 4.61. The smallest absolute Gasteiger partial charge is 0.465 e. The van der Waals surface area contributed by atoms with E-state index in [1.54, 1.807) is 26.0 Å². The van der Waals surface area contributed by atoms with Crippen molar-refractivity contribution in [3.8, 4) is 0 Å². The Balaban J connectivity index is 2.29. The first kappa shape index (κ1) is 17.8. The van der Waals surface area contributed by atoms with E-state index >= 15 is 0 Å². The molecule has 1 aliphatic heterocycles. The van der Waals surface area contributed by atoms with Crippen LogP contribution in [0.5, 0.6) is 0 Å². The first-order chi connectivity index (χ1) is 10.4. The molecule has 0 atom stereocenters. The Kier molecular flexibility index (Phi) is 4.24. The van der Waals surface area contributed by atoms with Crippen LogP contribution in [0.15, 0.2) is 18.2 Å². The predicted molar refractivity (Wildman–Crippen MR) is 86.3 cm³/mol. The van der Waals surface area contributed by atoms with Crippen molar-refractivity contribution in [3.05, 3.63) is 29.6 Å². The number of amides is 1. The van der Waals surface area contributed by atoms with Crippen LogP contribution in [0.4, 0.5) is 9.18 Å². The van der Waals surface area contributed by atoms with Gasteiger partial charge in [-0.15, -0.1) is 0 Å². The fourth-order valence-corrected chi connectivity index (χ4v) is 2.50. The lowest BCUT2D eigenvalue weighted by Crippen LogP contribution is -2.41. The standard InChI is InChI=1S/C16H23BFNO4/c1-14(2,19-13(20)21)11-8-7-10(9-12(11)18)17-22-15(3,4)16(5,6)23-17/h7-9,19H,1-6H3,(H,20,21). The molecule has 1 aromatic carbocycles. The Labute approximate surface area is 136 Å². The minimum Gasteiger partial charge on any atom is -0.465 e. The average molecular weight is 323 g/mol. The van der Waals surface area contributed by atoms with Crippen LogP contribution in [0.1, 0.15) is 47.1 Å². The Morgan fingerprint density at radius 2 is 1.74 bits per heavy atom. The molecule has 2 N–H and O–H groups in total. The largest absolute Gasteiger partial charge is 0.494 e. The molecular formula is C16H23BFNO4. The van der Waals surface area contributed by atoms with E-state index in [0.29, 0.717) is 5.46 Å². The van der Waals surface area contributed by atoms with Gasteiger partial charge < -0.3 is 19.7 Å². The second kappa shape index (κ2) is 5.49. The van der Waals surface area contributed by atoms with E-state index in [1.165, 1.54) is 6.07 Å². The minimum atomic E-state index is -1.20. The van der Waals surface area contributed by atoms with Gasteiger partial charge in [0.15, 0.2) is 0 Å². The second-order valence-electron chi connectivity index (χ2n) is 7.38. The first-order valence-corrected chi connectivity index (χ1v) is 7.52. The number of carboxylic acid groups (broad SMARTS) is 1. The van der Waals surface area contributed by atoms with Gasteiger partial charge in [-0.05, 0) is 53.1 Å². The third kappa shape index (κ3) is 3.35. The summed E-state index contributed by atoms with van der Waals surface area (Å²) in [5.74, 6) is -0.504. The monoisotopic (exact) mass is 323 g/mol. The van der Waals surface area contributed by atoms with Crippen molar-refractivity contribution in [2.24, 2.45) is 0 Å². The number of rotatable bonds is 3. The van der Waals surface area contributed by atoms with Gasteiger partial charge >= 0.3 is 13.2 Å². The van der Waals surface area contributed by atoms with Gasteiger partial charge in [0.2, 0.25) is 0 Å². The molecule has 1 aromatic rings. The molecule has 0 bridgehead atoms. The molecule has 0 unspecified atom stereocenters. The number of halogens is 1. The molecule has 0 radical (unpaired) electrons. The summed E-state index contributed by atoms with van der Waals surface area (Å²) in [6, 6.07) is 4.60. The highest BCUT2D eigenvalue weighted by molar-refractivity contribution is 6.62. The quantitative estimate of drug-likeness (QED) is 0.839. The Hall–Kier alpha value is -1.60. The molecule has 7 heteroatoms. The number of carbonyl (C=O) groups is 1. The molecule has 0 saturated carbocycles. The van der Waals surface area contributed by atoms with Crippen LogP contribution in [0, 0.1) is 5.82 Å². The molecule has 23 heavy (non-hydrogen) atoms. The van der Waals surface area contributed by atoms with Crippen LogP contribution < -0.4 is 10.8 Å². The first-order valence-electron chi connectivity index (χ1n) is 7.52. The van der Waals surface area contributed by atoms with Crippen LogP contribution >= 0.6 is 0 Å². The maximum absolute atomic E-state index is 14.5. The van der Waals surface area contributed by atoms with Gasteiger partial charge in [-0.1, -0.05) is 12.1 Å². The summed E-state index contributed by atoms with van der Waals surface area (Å²) in [5.41, 5.74) is -1.21. The van der Waals surface area contributed by atoms with Crippen molar-refractivity contribution in [2.45, 2.75) is 58.3 Å². The van der Waals surface area contributed by atoms with Crippen LogP contribution in [-0.2, 0) is 14.8 Å². The summed E-state index contributed by atoms with van der Waals surface area (Å²) in [7, 11) is -0.654. The highest BCUT2D eigenvalue weighted by Crippen LogP contribution is 2.36. The zero-order valence-corrected chi connectivity index (χ0v) is 14.4. The van der Waals surface area contributed by atoms with Crippen molar-refractivity contribution >= 4 is 18.7 Å². The van der Waals surface area contributed by atoms with Crippen molar-refractivity contribution in [3.63, 3.8) is 0 Å². The molecule has 1 heterocycles. The van der Waals surface area contributed by atoms with E-state index < -0.39 is 35.8 Å². The number of hydrogen-bond donors (Lipinski definition) is 2. The molecule has 1 saturated heterocycles. The topological polar surface area (TPSA) is 67.8 Å². The molecular weight excluding hydrogens is 300 g/mol. The lowest BCUT2D eigenvalue weighted by molar-refractivity contribution is 0.00578. The predicted octanol–water partition coefficient (Wildman–Crippen LogP) is 2.63. The van der Waals surface area contributed by atoms with Gasteiger partial charge in [-0.25, -0.2) is 9.18 Å². The molecule has 1 aliphatic rings. The normalized spacial score (nSPS) is 19.7. The van der Waals surface area contributed by atoms with Gasteiger partial charge in [0.1, 0.15) is 5.82 Å². The van der Waals surface area contributed by atoms with Crippen LogP contribution in [0.3, 0.4) is 0 Å². The molecule has 5 nitrogen and oxygen atoms in total. The molecule has 0 spiro atoms. The Morgan fingerprint density at radius 3 is 2.17 bits per heavy atom. The summed E-state index contributed by atoms with van der Waals surface area (Å²) in [6.07, 6.45) is -1.20. The molecule has 0 aliphatic carbocycles. The highest BCUT2D eigenvalue weighted by atomic mass is 19.1. The SMILES string of the molecule is CC(C)(NC(=O)O)c1ccc(B2OC(C)(C)C(C)(C)O2)cc1F. The maximum Gasteiger partial charge on any atom is 0.494 e. The summed E-state index contributed by atoms with van der Waals surface area (Å²) in [4.78, 5) is 10.8. The van der Waals surface area contributed by atoms with E-state index in [9.17, 15) is 9.18 Å². The fourth-order valence-electron chi connectivity index (χ4n) is 2.50.